The third-order valence-electron chi connectivity index (χ3n) is 3.65. The first-order chi connectivity index (χ1) is 12.7. The van der Waals surface area contributed by atoms with Gasteiger partial charge in [0.2, 0.25) is 0 Å². The molecule has 0 rings (SSSR count). The van der Waals surface area contributed by atoms with Gasteiger partial charge < -0.3 is 14.2 Å². The molecule has 6 heteroatoms. The van der Waals surface area contributed by atoms with Crippen molar-refractivity contribution in [3.8, 4) is 0 Å². The Morgan fingerprint density at radius 1 is 0.679 bits per heavy atom. The van der Waals surface area contributed by atoms with Crippen molar-refractivity contribution in [2.24, 2.45) is 10.8 Å². The molecular weight excluding hydrogens is 360 g/mol. The van der Waals surface area contributed by atoms with Crippen molar-refractivity contribution in [1.82, 2.24) is 0 Å². The molecule has 0 N–H and O–H groups in total. The molecule has 2 atom stereocenters. The topological polar surface area (TPSA) is 78.9 Å². The van der Waals surface area contributed by atoms with Crippen LogP contribution in [0.4, 0.5) is 0 Å². The molecule has 158 valence electrons. The van der Waals surface area contributed by atoms with E-state index in [0.29, 0.717) is 12.8 Å². The van der Waals surface area contributed by atoms with E-state index in [-0.39, 0.29) is 10.8 Å². The Kier molecular flexibility index (Phi) is 9.92. The van der Waals surface area contributed by atoms with Gasteiger partial charge in [0.15, 0.2) is 6.10 Å². The SMILES string of the molecule is C=CC(=O)OC(CC(C)(C)C)C(OC(=O)C=C)C(CC(C)(C)C)OC(=O)C=C. The van der Waals surface area contributed by atoms with Crippen LogP contribution in [0.25, 0.3) is 0 Å². The number of carbonyl (C=O) groups is 3. The number of esters is 3. The fourth-order valence-corrected chi connectivity index (χ4v) is 2.62. The Balaban J connectivity index is 6.15. The summed E-state index contributed by atoms with van der Waals surface area (Å²) < 4.78 is 16.5. The second-order valence-electron chi connectivity index (χ2n) is 8.99. The molecule has 0 saturated heterocycles. The van der Waals surface area contributed by atoms with Crippen LogP contribution in [0.1, 0.15) is 54.4 Å². The molecule has 0 aliphatic rings. The largest absolute Gasteiger partial charge is 0.455 e. The van der Waals surface area contributed by atoms with E-state index >= 15 is 0 Å². The summed E-state index contributed by atoms with van der Waals surface area (Å²) in [5, 5.41) is 0. The first kappa shape index (κ1) is 25.6. The van der Waals surface area contributed by atoms with Crippen LogP contribution in [0, 0.1) is 10.8 Å². The molecule has 0 aliphatic carbocycles. The molecule has 0 aromatic carbocycles. The Morgan fingerprint density at radius 3 is 1.21 bits per heavy atom. The molecule has 2 unspecified atom stereocenters. The predicted octanol–water partition coefficient (Wildman–Crippen LogP) is 4.15. The third kappa shape index (κ3) is 10.7. The van der Waals surface area contributed by atoms with Crippen molar-refractivity contribution in [2.45, 2.75) is 72.7 Å². The molecule has 0 aromatic rings. The smallest absolute Gasteiger partial charge is 0.330 e. The van der Waals surface area contributed by atoms with Crippen LogP contribution >= 0.6 is 0 Å². The van der Waals surface area contributed by atoms with Crippen LogP contribution in [0.15, 0.2) is 38.0 Å². The van der Waals surface area contributed by atoms with Crippen molar-refractivity contribution in [2.75, 3.05) is 0 Å². The molecule has 0 saturated carbocycles. The molecule has 0 bridgehead atoms. The van der Waals surface area contributed by atoms with Gasteiger partial charge in [-0.15, -0.1) is 0 Å². The van der Waals surface area contributed by atoms with Gasteiger partial charge in [-0.05, 0) is 23.7 Å². The number of hydrogen-bond acceptors (Lipinski definition) is 6. The zero-order valence-electron chi connectivity index (χ0n) is 17.9. The lowest BCUT2D eigenvalue weighted by molar-refractivity contribution is -0.183. The number of rotatable bonds is 10. The maximum atomic E-state index is 12.0. The number of ether oxygens (including phenoxy) is 3. The van der Waals surface area contributed by atoms with Gasteiger partial charge in [-0.1, -0.05) is 61.3 Å². The highest BCUT2D eigenvalue weighted by atomic mass is 16.6. The minimum absolute atomic E-state index is 0.264. The Labute approximate surface area is 168 Å². The Hall–Kier alpha value is -2.37. The van der Waals surface area contributed by atoms with Gasteiger partial charge in [0.05, 0.1) is 0 Å². The van der Waals surface area contributed by atoms with Gasteiger partial charge in [0.1, 0.15) is 12.2 Å². The molecule has 0 aromatic heterocycles. The summed E-state index contributed by atoms with van der Waals surface area (Å²) in [6.07, 6.45) is 1.12. The minimum Gasteiger partial charge on any atom is -0.455 e. The lowest BCUT2D eigenvalue weighted by Gasteiger charge is -2.37. The van der Waals surface area contributed by atoms with Crippen LogP contribution in [-0.2, 0) is 28.6 Å². The molecule has 0 fully saturated rings. The Bertz CT molecular complexity index is 549. The molecule has 6 nitrogen and oxygen atoms in total. The first-order valence-electron chi connectivity index (χ1n) is 9.21. The quantitative estimate of drug-likeness (QED) is 0.315. The van der Waals surface area contributed by atoms with Crippen LogP contribution < -0.4 is 0 Å². The molecule has 0 aliphatic heterocycles. The maximum Gasteiger partial charge on any atom is 0.330 e. The van der Waals surface area contributed by atoms with Crippen molar-refractivity contribution >= 4 is 17.9 Å². The van der Waals surface area contributed by atoms with E-state index in [9.17, 15) is 14.4 Å². The molecular formula is C22H34O6. The van der Waals surface area contributed by atoms with Gasteiger partial charge in [-0.25, -0.2) is 14.4 Å². The molecule has 0 amide bonds. The summed E-state index contributed by atoms with van der Waals surface area (Å²) >= 11 is 0. The third-order valence-corrected chi connectivity index (χ3v) is 3.65. The van der Waals surface area contributed by atoms with Crippen molar-refractivity contribution in [3.63, 3.8) is 0 Å². The van der Waals surface area contributed by atoms with E-state index in [1.54, 1.807) is 0 Å². The second-order valence-corrected chi connectivity index (χ2v) is 8.99. The van der Waals surface area contributed by atoms with E-state index in [1.807, 2.05) is 41.5 Å². The molecule has 0 heterocycles. The Morgan fingerprint density at radius 2 is 0.964 bits per heavy atom. The summed E-state index contributed by atoms with van der Waals surface area (Å²) in [4.78, 5) is 35.9. The average molecular weight is 395 g/mol. The zero-order chi connectivity index (χ0) is 22.1. The highest BCUT2D eigenvalue weighted by molar-refractivity contribution is 5.83. The molecule has 28 heavy (non-hydrogen) atoms. The van der Waals surface area contributed by atoms with Crippen LogP contribution in [-0.4, -0.2) is 36.2 Å². The van der Waals surface area contributed by atoms with Gasteiger partial charge in [0, 0.05) is 18.2 Å². The minimum atomic E-state index is -1.02. The summed E-state index contributed by atoms with van der Waals surface area (Å²) in [6.45, 7) is 22.0. The van der Waals surface area contributed by atoms with Crippen molar-refractivity contribution < 1.29 is 28.6 Å². The summed E-state index contributed by atoms with van der Waals surface area (Å²) in [6, 6.07) is 0. The van der Waals surface area contributed by atoms with Crippen molar-refractivity contribution in [1.29, 1.82) is 0 Å². The lowest BCUT2D eigenvalue weighted by atomic mass is 9.82. The molecule has 0 radical (unpaired) electrons. The molecule has 0 spiro atoms. The fourth-order valence-electron chi connectivity index (χ4n) is 2.62. The van der Waals surface area contributed by atoms with Crippen LogP contribution in [0.3, 0.4) is 0 Å². The van der Waals surface area contributed by atoms with E-state index in [0.717, 1.165) is 18.2 Å². The number of carbonyl (C=O) groups excluding carboxylic acids is 3. The lowest BCUT2D eigenvalue weighted by Crippen LogP contribution is -2.47. The van der Waals surface area contributed by atoms with Gasteiger partial charge in [-0.2, -0.15) is 0 Å². The van der Waals surface area contributed by atoms with E-state index in [4.69, 9.17) is 14.2 Å². The van der Waals surface area contributed by atoms with Gasteiger partial charge in [0.25, 0.3) is 0 Å². The first-order valence-corrected chi connectivity index (χ1v) is 9.21. The number of hydrogen-bond donors (Lipinski definition) is 0. The van der Waals surface area contributed by atoms with Crippen LogP contribution in [0.2, 0.25) is 0 Å². The van der Waals surface area contributed by atoms with Gasteiger partial charge in [-0.3, -0.25) is 0 Å². The zero-order valence-corrected chi connectivity index (χ0v) is 17.9. The second kappa shape index (κ2) is 10.8. The maximum absolute atomic E-state index is 12.0. The summed E-state index contributed by atoms with van der Waals surface area (Å²) in [5.41, 5.74) is -0.528. The summed E-state index contributed by atoms with van der Waals surface area (Å²) in [7, 11) is 0. The fraction of sp³-hybridized carbons (Fsp3) is 0.591. The normalized spacial score (nSPS) is 14.8. The highest BCUT2D eigenvalue weighted by Crippen LogP contribution is 2.32. The van der Waals surface area contributed by atoms with Gasteiger partial charge >= 0.3 is 17.9 Å². The highest BCUT2D eigenvalue weighted by Gasteiger charge is 2.41. The monoisotopic (exact) mass is 394 g/mol. The van der Waals surface area contributed by atoms with Crippen molar-refractivity contribution in [3.05, 3.63) is 38.0 Å². The average Bonchev–Trinajstić information content (AvgIpc) is 2.55. The van der Waals surface area contributed by atoms with E-state index in [1.165, 1.54) is 0 Å². The summed E-state index contributed by atoms with van der Waals surface area (Å²) in [5.74, 6) is -2.01. The van der Waals surface area contributed by atoms with E-state index in [2.05, 4.69) is 19.7 Å². The predicted molar refractivity (Wildman–Crippen MR) is 108 cm³/mol. The van der Waals surface area contributed by atoms with Crippen LogP contribution in [0.5, 0.6) is 0 Å². The van der Waals surface area contributed by atoms with E-state index < -0.39 is 36.2 Å². The standard InChI is InChI=1S/C22H34O6/c1-10-17(23)26-15(13-21(4,5)6)20(28-19(25)12-3)16(14-22(7,8)9)27-18(24)11-2/h10-12,15-16,20H,1-3,13-14H2,4-9H3.